The summed E-state index contributed by atoms with van der Waals surface area (Å²) >= 11 is 0. The second-order valence-electron chi connectivity index (χ2n) is 7.93. The van der Waals surface area contributed by atoms with Crippen molar-refractivity contribution in [2.45, 2.75) is 96.8 Å². The maximum Gasteiger partial charge on any atom is 1.00 e. The fraction of sp³-hybridized carbons (Fsp3) is 0.667. The Bertz CT molecular complexity index is 590. The molecular formula is C24H41NNa2O4. The molecule has 7 heteroatoms. The number of nitrogens with one attached hydrogen (secondary N) is 1. The van der Waals surface area contributed by atoms with Gasteiger partial charge in [-0.15, -0.1) is 0 Å². The summed E-state index contributed by atoms with van der Waals surface area (Å²) in [5.41, 5.74) is 0.540. The number of anilines is 1. The van der Waals surface area contributed by atoms with Crippen molar-refractivity contribution in [3.63, 3.8) is 0 Å². The molecule has 0 bridgehead atoms. The van der Waals surface area contributed by atoms with Crippen LogP contribution >= 0.6 is 0 Å². The minimum Gasteiger partial charge on any atom is -1.00 e. The Balaban J connectivity index is -0.00000105. The number of hydrogen-bond donors (Lipinski definition) is 3. The number of benzene rings is 1. The van der Waals surface area contributed by atoms with Crippen molar-refractivity contribution in [1.29, 1.82) is 0 Å². The normalized spacial score (nSPS) is 10.1. The maximum atomic E-state index is 11.1. The molecule has 3 N–H and O–H groups in total. The van der Waals surface area contributed by atoms with E-state index >= 15 is 0 Å². The third-order valence-electron chi connectivity index (χ3n) is 5.29. The first-order valence-corrected chi connectivity index (χ1v) is 11.4. The second-order valence-corrected chi connectivity index (χ2v) is 7.93. The van der Waals surface area contributed by atoms with E-state index in [4.69, 9.17) is 10.2 Å². The SMILES string of the molecule is CCCCCCCCCCCCCCCCNc1cc(C(=O)O)cc(C(=O)O)c1.[H-].[H-].[Na+].[Na+]. The van der Waals surface area contributed by atoms with Gasteiger partial charge in [-0.1, -0.05) is 90.4 Å². The van der Waals surface area contributed by atoms with Crippen LogP contribution in [0.25, 0.3) is 0 Å². The summed E-state index contributed by atoms with van der Waals surface area (Å²) in [4.78, 5) is 22.2. The number of unbranched alkanes of at least 4 members (excludes halogenated alkanes) is 13. The van der Waals surface area contributed by atoms with E-state index in [1.807, 2.05) is 0 Å². The molecule has 0 fully saturated rings. The molecule has 0 spiro atoms. The van der Waals surface area contributed by atoms with E-state index in [1.54, 1.807) is 0 Å². The quantitative estimate of drug-likeness (QED) is 0.230. The number of hydrogen-bond acceptors (Lipinski definition) is 3. The van der Waals surface area contributed by atoms with E-state index in [0.29, 0.717) is 5.69 Å². The first kappa shape index (κ1) is 33.1. The van der Waals surface area contributed by atoms with Gasteiger partial charge in [0, 0.05) is 12.2 Å². The van der Waals surface area contributed by atoms with E-state index in [-0.39, 0.29) is 73.1 Å². The molecule has 0 saturated heterocycles. The zero-order valence-electron chi connectivity index (χ0n) is 22.0. The minimum atomic E-state index is -1.12. The zero-order chi connectivity index (χ0) is 21.3. The van der Waals surface area contributed by atoms with Crippen LogP contribution in [0.1, 0.15) is 120 Å². The van der Waals surface area contributed by atoms with Gasteiger partial charge in [0.1, 0.15) is 0 Å². The molecule has 1 aromatic rings. The van der Waals surface area contributed by atoms with Crippen LogP contribution in [0, 0.1) is 0 Å². The van der Waals surface area contributed by atoms with Crippen molar-refractivity contribution >= 4 is 17.6 Å². The monoisotopic (exact) mass is 453 g/mol. The summed E-state index contributed by atoms with van der Waals surface area (Å²) in [7, 11) is 0. The molecule has 0 aliphatic rings. The van der Waals surface area contributed by atoms with Crippen LogP contribution in [0.2, 0.25) is 0 Å². The number of carboxylic acids is 2. The Morgan fingerprint density at radius 2 is 1.03 bits per heavy atom. The Hall–Kier alpha value is -0.0400. The zero-order valence-corrected chi connectivity index (χ0v) is 24.0. The third-order valence-corrected chi connectivity index (χ3v) is 5.29. The molecule has 0 aliphatic carbocycles. The van der Waals surface area contributed by atoms with E-state index in [1.165, 1.54) is 95.2 Å². The smallest absolute Gasteiger partial charge is 1.00 e. The fourth-order valence-electron chi connectivity index (χ4n) is 3.53. The van der Waals surface area contributed by atoms with Crippen LogP contribution in [-0.4, -0.2) is 28.7 Å². The van der Waals surface area contributed by atoms with Crippen molar-refractivity contribution in [2.24, 2.45) is 0 Å². The van der Waals surface area contributed by atoms with Gasteiger partial charge in [-0.05, 0) is 24.6 Å². The number of aromatic carboxylic acids is 2. The predicted octanol–water partition coefficient (Wildman–Crippen LogP) is 1.21. The van der Waals surface area contributed by atoms with Gasteiger partial charge in [0.05, 0.1) is 11.1 Å². The largest absolute Gasteiger partial charge is 1.00 e. The molecule has 0 saturated carbocycles. The average molecular weight is 454 g/mol. The fourth-order valence-corrected chi connectivity index (χ4v) is 3.53. The van der Waals surface area contributed by atoms with Gasteiger partial charge < -0.3 is 18.4 Å². The summed E-state index contributed by atoms with van der Waals surface area (Å²) in [6, 6.07) is 4.15. The van der Waals surface area contributed by atoms with Gasteiger partial charge in [0.25, 0.3) is 0 Å². The molecular weight excluding hydrogens is 412 g/mol. The molecule has 0 aliphatic heterocycles. The van der Waals surface area contributed by atoms with Crippen LogP contribution in [0.3, 0.4) is 0 Å². The van der Waals surface area contributed by atoms with Gasteiger partial charge >= 0.3 is 71.1 Å². The van der Waals surface area contributed by atoms with Gasteiger partial charge in [-0.25, -0.2) is 9.59 Å². The minimum absolute atomic E-state index is 0. The van der Waals surface area contributed by atoms with Crippen LogP contribution in [0.4, 0.5) is 5.69 Å². The molecule has 31 heavy (non-hydrogen) atoms. The predicted molar refractivity (Wildman–Crippen MR) is 121 cm³/mol. The Morgan fingerprint density at radius 3 is 1.39 bits per heavy atom. The standard InChI is InChI=1S/C24H39NO4.2Na.2H/c1-2-3-4-5-6-7-8-9-10-11-12-13-14-15-16-25-22-18-20(23(26)27)17-21(19-22)24(28)29;;;;/h17-19,25H,2-16H2,1H3,(H,26,27)(H,28,29);;;;/q;2*+1;2*-1. The summed E-state index contributed by atoms with van der Waals surface area (Å²) in [5, 5.41) is 21.3. The van der Waals surface area contributed by atoms with Crippen LogP contribution in [-0.2, 0) is 0 Å². The van der Waals surface area contributed by atoms with Crippen molar-refractivity contribution in [3.8, 4) is 0 Å². The molecule has 1 rings (SSSR count). The summed E-state index contributed by atoms with van der Waals surface area (Å²) < 4.78 is 0. The third kappa shape index (κ3) is 17.1. The van der Waals surface area contributed by atoms with E-state index < -0.39 is 11.9 Å². The topological polar surface area (TPSA) is 86.6 Å². The van der Waals surface area contributed by atoms with Crippen molar-refractivity contribution in [2.75, 3.05) is 11.9 Å². The molecule has 168 valence electrons. The maximum absolute atomic E-state index is 11.1. The molecule has 0 radical (unpaired) electrons. The van der Waals surface area contributed by atoms with Gasteiger partial charge in [-0.2, -0.15) is 0 Å². The number of carboxylic acid groups (broad SMARTS) is 2. The summed E-state index contributed by atoms with van der Waals surface area (Å²) in [5.74, 6) is -2.24. The van der Waals surface area contributed by atoms with Gasteiger partial charge in [0.2, 0.25) is 0 Å². The first-order chi connectivity index (χ1) is 14.0. The molecule has 0 heterocycles. The van der Waals surface area contributed by atoms with E-state index in [0.717, 1.165) is 19.4 Å². The van der Waals surface area contributed by atoms with Gasteiger partial charge in [-0.3, -0.25) is 0 Å². The molecule has 0 unspecified atom stereocenters. The molecule has 0 amide bonds. The average Bonchev–Trinajstić information content (AvgIpc) is 2.70. The van der Waals surface area contributed by atoms with Crippen LogP contribution in [0.5, 0.6) is 0 Å². The summed E-state index contributed by atoms with van der Waals surface area (Å²) in [6.45, 7) is 2.98. The molecule has 0 aromatic heterocycles. The second kappa shape index (κ2) is 21.8. The number of carbonyl (C=O) groups is 2. The molecule has 5 nitrogen and oxygen atoms in total. The van der Waals surface area contributed by atoms with Crippen LogP contribution < -0.4 is 64.4 Å². The molecule has 0 atom stereocenters. The van der Waals surface area contributed by atoms with E-state index in [2.05, 4.69) is 12.2 Å². The van der Waals surface area contributed by atoms with Gasteiger partial charge in [0.15, 0.2) is 0 Å². The van der Waals surface area contributed by atoms with Crippen molar-refractivity contribution < 1.29 is 81.8 Å². The van der Waals surface area contributed by atoms with Crippen molar-refractivity contribution in [3.05, 3.63) is 29.3 Å². The first-order valence-electron chi connectivity index (χ1n) is 11.4. The van der Waals surface area contributed by atoms with Crippen LogP contribution in [0.15, 0.2) is 18.2 Å². The Labute approximate surface area is 235 Å². The Kier molecular flexibility index (Phi) is 23.3. The van der Waals surface area contributed by atoms with Crippen molar-refractivity contribution in [1.82, 2.24) is 0 Å². The summed E-state index contributed by atoms with van der Waals surface area (Å²) in [6.07, 6.45) is 18.3. The number of rotatable bonds is 18. The molecule has 1 aromatic carbocycles. The Morgan fingerprint density at radius 1 is 0.677 bits per heavy atom. The van der Waals surface area contributed by atoms with E-state index in [9.17, 15) is 9.59 Å².